The third-order valence-corrected chi connectivity index (χ3v) is 3.60. The van der Waals surface area contributed by atoms with Crippen LogP contribution in [0.4, 0.5) is 5.69 Å². The van der Waals surface area contributed by atoms with Gasteiger partial charge in [0.2, 0.25) is 5.91 Å². The number of carbonyl (C=O) groups excluding carboxylic acids is 2. The molecule has 3 N–H and O–H groups in total. The molecule has 0 saturated heterocycles. The van der Waals surface area contributed by atoms with Crippen molar-refractivity contribution in [2.24, 2.45) is 18.7 Å². The molecule has 1 aromatic rings. The fourth-order valence-electron chi connectivity index (χ4n) is 2.54. The molecule has 1 fully saturated rings. The molecular formula is C14H21N3O3. The predicted molar refractivity (Wildman–Crippen MR) is 75.3 cm³/mol. The number of nitrogens with one attached hydrogen (secondary N) is 1. The van der Waals surface area contributed by atoms with E-state index < -0.39 is 5.97 Å². The summed E-state index contributed by atoms with van der Waals surface area (Å²) in [6.45, 7) is 2.08. The van der Waals surface area contributed by atoms with Gasteiger partial charge in [-0.2, -0.15) is 0 Å². The highest BCUT2D eigenvalue weighted by Gasteiger charge is 2.28. The zero-order valence-corrected chi connectivity index (χ0v) is 11.9. The van der Waals surface area contributed by atoms with Gasteiger partial charge in [-0.15, -0.1) is 0 Å². The Hall–Kier alpha value is -1.82. The van der Waals surface area contributed by atoms with Crippen LogP contribution >= 0.6 is 0 Å². The molecule has 110 valence electrons. The van der Waals surface area contributed by atoms with Crippen molar-refractivity contribution >= 4 is 17.6 Å². The van der Waals surface area contributed by atoms with E-state index in [1.54, 1.807) is 30.8 Å². The number of nitrogens with zero attached hydrogens (tertiary/aromatic N) is 1. The van der Waals surface area contributed by atoms with Crippen LogP contribution in [0, 0.1) is 5.92 Å². The lowest BCUT2D eigenvalue weighted by atomic mass is 10.1. The molecule has 0 aromatic carbocycles. The summed E-state index contributed by atoms with van der Waals surface area (Å²) in [5.74, 6) is -0.450. The van der Waals surface area contributed by atoms with Gasteiger partial charge in [-0.05, 0) is 32.3 Å². The summed E-state index contributed by atoms with van der Waals surface area (Å²) in [5, 5.41) is 2.84. The standard InChI is InChI=1S/C14H21N3O3/c1-3-20-14(19)12-7-11(8-17(12)2)16-13(18)9-4-5-10(15)6-9/h7-10H,3-6,15H2,1-2H3,(H,16,18). The lowest BCUT2D eigenvalue weighted by molar-refractivity contribution is -0.119. The van der Waals surface area contributed by atoms with Gasteiger partial charge in [-0.25, -0.2) is 4.79 Å². The van der Waals surface area contributed by atoms with E-state index >= 15 is 0 Å². The van der Waals surface area contributed by atoms with Gasteiger partial charge in [0.15, 0.2) is 0 Å². The van der Waals surface area contributed by atoms with Crippen LogP contribution in [-0.2, 0) is 16.6 Å². The van der Waals surface area contributed by atoms with Crippen molar-refractivity contribution in [2.75, 3.05) is 11.9 Å². The molecule has 2 rings (SSSR count). The average Bonchev–Trinajstić information content (AvgIpc) is 2.96. The molecular weight excluding hydrogens is 258 g/mol. The normalized spacial score (nSPS) is 21.8. The molecule has 1 amide bonds. The number of ether oxygens (including phenoxy) is 1. The highest BCUT2D eigenvalue weighted by molar-refractivity contribution is 5.95. The zero-order valence-electron chi connectivity index (χ0n) is 11.9. The first-order valence-corrected chi connectivity index (χ1v) is 6.91. The second-order valence-corrected chi connectivity index (χ2v) is 5.20. The molecule has 1 aliphatic rings. The van der Waals surface area contributed by atoms with E-state index in [0.29, 0.717) is 18.0 Å². The number of amides is 1. The van der Waals surface area contributed by atoms with Crippen LogP contribution in [0.3, 0.4) is 0 Å². The number of esters is 1. The average molecular weight is 279 g/mol. The topological polar surface area (TPSA) is 86.3 Å². The van der Waals surface area contributed by atoms with E-state index in [9.17, 15) is 9.59 Å². The highest BCUT2D eigenvalue weighted by Crippen LogP contribution is 2.25. The summed E-state index contributed by atoms with van der Waals surface area (Å²) in [4.78, 5) is 23.8. The van der Waals surface area contributed by atoms with E-state index in [2.05, 4.69) is 5.32 Å². The first-order chi connectivity index (χ1) is 9.51. The molecule has 1 aromatic heterocycles. The maximum Gasteiger partial charge on any atom is 0.355 e. The molecule has 20 heavy (non-hydrogen) atoms. The maximum atomic E-state index is 12.1. The highest BCUT2D eigenvalue weighted by atomic mass is 16.5. The van der Waals surface area contributed by atoms with Gasteiger partial charge in [0.1, 0.15) is 5.69 Å². The number of hydrogen-bond acceptors (Lipinski definition) is 4. The lowest BCUT2D eigenvalue weighted by Gasteiger charge is -2.09. The summed E-state index contributed by atoms with van der Waals surface area (Å²) >= 11 is 0. The van der Waals surface area contributed by atoms with Crippen LogP contribution in [-0.4, -0.2) is 29.1 Å². The molecule has 2 atom stereocenters. The van der Waals surface area contributed by atoms with Crippen molar-refractivity contribution in [2.45, 2.75) is 32.2 Å². The lowest BCUT2D eigenvalue weighted by Crippen LogP contribution is -2.23. The Balaban J connectivity index is 2.01. The van der Waals surface area contributed by atoms with E-state index in [1.165, 1.54) is 0 Å². The van der Waals surface area contributed by atoms with Crippen LogP contribution in [0.5, 0.6) is 0 Å². The SMILES string of the molecule is CCOC(=O)c1cc(NC(=O)C2CCC(N)C2)cn1C. The monoisotopic (exact) mass is 279 g/mol. The van der Waals surface area contributed by atoms with Crippen LogP contribution < -0.4 is 11.1 Å². The number of hydrogen-bond donors (Lipinski definition) is 2. The molecule has 0 aliphatic heterocycles. The predicted octanol–water partition coefficient (Wildman–Crippen LogP) is 1.27. The molecule has 1 aliphatic carbocycles. The van der Waals surface area contributed by atoms with Crippen LogP contribution in [0.1, 0.15) is 36.7 Å². The van der Waals surface area contributed by atoms with E-state index in [1.807, 2.05) is 0 Å². The van der Waals surface area contributed by atoms with Gasteiger partial charge in [0, 0.05) is 25.2 Å². The summed E-state index contributed by atoms with van der Waals surface area (Å²) in [6.07, 6.45) is 4.15. The molecule has 6 nitrogen and oxygen atoms in total. The number of aromatic nitrogens is 1. The minimum Gasteiger partial charge on any atom is -0.461 e. The van der Waals surface area contributed by atoms with E-state index in [4.69, 9.17) is 10.5 Å². The van der Waals surface area contributed by atoms with Crippen LogP contribution in [0.25, 0.3) is 0 Å². The smallest absolute Gasteiger partial charge is 0.355 e. The van der Waals surface area contributed by atoms with Gasteiger partial charge >= 0.3 is 5.97 Å². The molecule has 1 saturated carbocycles. The summed E-state index contributed by atoms with van der Waals surface area (Å²) < 4.78 is 6.60. The van der Waals surface area contributed by atoms with Crippen molar-refractivity contribution in [1.82, 2.24) is 4.57 Å². The third-order valence-electron chi connectivity index (χ3n) is 3.60. The fourth-order valence-corrected chi connectivity index (χ4v) is 2.54. The van der Waals surface area contributed by atoms with E-state index in [0.717, 1.165) is 19.3 Å². The second-order valence-electron chi connectivity index (χ2n) is 5.20. The third kappa shape index (κ3) is 3.19. The quantitative estimate of drug-likeness (QED) is 0.813. The Bertz CT molecular complexity index is 510. The molecule has 6 heteroatoms. The number of rotatable bonds is 4. The van der Waals surface area contributed by atoms with Crippen molar-refractivity contribution < 1.29 is 14.3 Å². The molecule has 0 spiro atoms. The Morgan fingerprint density at radius 1 is 1.50 bits per heavy atom. The van der Waals surface area contributed by atoms with Gasteiger partial charge in [-0.3, -0.25) is 4.79 Å². The summed E-state index contributed by atoms with van der Waals surface area (Å²) in [6, 6.07) is 1.75. The van der Waals surface area contributed by atoms with Gasteiger partial charge in [-0.1, -0.05) is 0 Å². The van der Waals surface area contributed by atoms with Gasteiger partial charge in [0.25, 0.3) is 0 Å². The molecule has 1 heterocycles. The Morgan fingerprint density at radius 2 is 2.25 bits per heavy atom. The number of anilines is 1. The Labute approximate surface area is 118 Å². The van der Waals surface area contributed by atoms with Gasteiger partial charge < -0.3 is 20.4 Å². The van der Waals surface area contributed by atoms with Crippen molar-refractivity contribution in [1.29, 1.82) is 0 Å². The molecule has 0 bridgehead atoms. The minimum atomic E-state index is -0.390. The minimum absolute atomic E-state index is 0.0287. The first kappa shape index (κ1) is 14.6. The maximum absolute atomic E-state index is 12.1. The summed E-state index contributed by atoms with van der Waals surface area (Å²) in [7, 11) is 1.74. The van der Waals surface area contributed by atoms with Crippen LogP contribution in [0.2, 0.25) is 0 Å². The fraction of sp³-hybridized carbons (Fsp3) is 0.571. The molecule has 0 radical (unpaired) electrons. The van der Waals surface area contributed by atoms with Crippen LogP contribution in [0.15, 0.2) is 12.3 Å². The second kappa shape index (κ2) is 6.09. The van der Waals surface area contributed by atoms with Crippen molar-refractivity contribution in [3.8, 4) is 0 Å². The van der Waals surface area contributed by atoms with Crippen molar-refractivity contribution in [3.05, 3.63) is 18.0 Å². The number of aryl methyl sites for hydroxylation is 1. The zero-order chi connectivity index (χ0) is 14.7. The Kier molecular flexibility index (Phi) is 4.44. The van der Waals surface area contributed by atoms with Gasteiger partial charge in [0.05, 0.1) is 12.3 Å². The summed E-state index contributed by atoms with van der Waals surface area (Å²) in [5.41, 5.74) is 6.85. The number of nitrogens with two attached hydrogens (primary N) is 1. The number of carbonyl (C=O) groups is 2. The van der Waals surface area contributed by atoms with Crippen molar-refractivity contribution in [3.63, 3.8) is 0 Å². The Morgan fingerprint density at radius 3 is 2.85 bits per heavy atom. The molecule has 2 unspecified atom stereocenters. The first-order valence-electron chi connectivity index (χ1n) is 6.91. The largest absolute Gasteiger partial charge is 0.461 e. The van der Waals surface area contributed by atoms with E-state index in [-0.39, 0.29) is 17.9 Å².